The van der Waals surface area contributed by atoms with Crippen LogP contribution in [0.1, 0.15) is 17.0 Å². The minimum absolute atomic E-state index is 0.138. The van der Waals surface area contributed by atoms with E-state index in [1.54, 1.807) is 0 Å². The Kier molecular flexibility index (Phi) is 6.52. The molecule has 1 aromatic heterocycles. The molecule has 0 unspecified atom stereocenters. The Hall–Kier alpha value is -2.32. The number of aromatic nitrogens is 2. The Morgan fingerprint density at radius 2 is 1.96 bits per heavy atom. The SMILES string of the molecule is Cc1ccc(OCc2nnc(SCC(=O)Nc3ccc(Br)cc3C)o2)cc1. The maximum absolute atomic E-state index is 12.1. The van der Waals surface area contributed by atoms with E-state index < -0.39 is 0 Å². The third-order valence-corrected chi connectivity index (χ3v) is 4.93. The van der Waals surface area contributed by atoms with Crippen molar-refractivity contribution in [1.82, 2.24) is 10.2 Å². The smallest absolute Gasteiger partial charge is 0.277 e. The summed E-state index contributed by atoms with van der Waals surface area (Å²) in [5.74, 6) is 1.14. The van der Waals surface area contributed by atoms with Gasteiger partial charge in [-0.3, -0.25) is 4.79 Å². The third-order valence-electron chi connectivity index (χ3n) is 3.62. The number of nitrogens with one attached hydrogen (secondary N) is 1. The lowest BCUT2D eigenvalue weighted by molar-refractivity contribution is -0.113. The van der Waals surface area contributed by atoms with Gasteiger partial charge in [-0.2, -0.15) is 0 Å². The van der Waals surface area contributed by atoms with Gasteiger partial charge in [-0.05, 0) is 49.7 Å². The number of benzene rings is 2. The molecular weight excluding hydrogens is 430 g/mol. The molecule has 0 fully saturated rings. The van der Waals surface area contributed by atoms with Gasteiger partial charge in [0.15, 0.2) is 6.61 Å². The van der Waals surface area contributed by atoms with Crippen LogP contribution >= 0.6 is 27.7 Å². The van der Waals surface area contributed by atoms with E-state index >= 15 is 0 Å². The standard InChI is InChI=1S/C19H18BrN3O3S/c1-12-3-6-15(7-4-12)25-10-18-22-23-19(26-18)27-11-17(24)21-16-8-5-14(20)9-13(16)2/h3-9H,10-11H2,1-2H3,(H,21,24). The highest BCUT2D eigenvalue weighted by atomic mass is 79.9. The molecule has 0 aliphatic heterocycles. The molecule has 0 saturated carbocycles. The van der Waals surface area contributed by atoms with Crippen molar-refractivity contribution < 1.29 is 13.9 Å². The van der Waals surface area contributed by atoms with Crippen LogP contribution in [-0.4, -0.2) is 21.9 Å². The number of thioether (sulfide) groups is 1. The van der Waals surface area contributed by atoms with Crippen LogP contribution in [-0.2, 0) is 11.4 Å². The molecule has 6 nitrogen and oxygen atoms in total. The molecule has 2 aromatic carbocycles. The molecule has 0 radical (unpaired) electrons. The molecular formula is C19H18BrN3O3S. The van der Waals surface area contributed by atoms with Crippen LogP contribution in [0.15, 0.2) is 56.6 Å². The van der Waals surface area contributed by atoms with Gasteiger partial charge in [-0.15, -0.1) is 10.2 Å². The van der Waals surface area contributed by atoms with E-state index in [1.165, 1.54) is 11.8 Å². The molecule has 0 spiro atoms. The number of halogens is 1. The summed E-state index contributed by atoms with van der Waals surface area (Å²) in [6, 6.07) is 13.4. The van der Waals surface area contributed by atoms with Crippen molar-refractivity contribution in [3.05, 3.63) is 64.0 Å². The molecule has 8 heteroatoms. The average molecular weight is 448 g/mol. The van der Waals surface area contributed by atoms with Crippen molar-refractivity contribution in [3.8, 4) is 5.75 Å². The summed E-state index contributed by atoms with van der Waals surface area (Å²) in [5.41, 5.74) is 2.92. The van der Waals surface area contributed by atoms with Crippen LogP contribution in [0.2, 0.25) is 0 Å². The number of rotatable bonds is 7. The van der Waals surface area contributed by atoms with Crippen LogP contribution in [0.25, 0.3) is 0 Å². The maximum atomic E-state index is 12.1. The Morgan fingerprint density at radius 1 is 1.19 bits per heavy atom. The fraction of sp³-hybridized carbons (Fsp3) is 0.211. The summed E-state index contributed by atoms with van der Waals surface area (Å²) in [5, 5.41) is 11.1. The van der Waals surface area contributed by atoms with E-state index in [0.717, 1.165) is 27.0 Å². The van der Waals surface area contributed by atoms with Gasteiger partial charge in [0, 0.05) is 10.2 Å². The van der Waals surface area contributed by atoms with Gasteiger partial charge >= 0.3 is 0 Å². The first-order valence-corrected chi connectivity index (χ1v) is 9.98. The van der Waals surface area contributed by atoms with Gasteiger partial charge < -0.3 is 14.5 Å². The second-order valence-electron chi connectivity index (χ2n) is 5.86. The van der Waals surface area contributed by atoms with Gasteiger partial charge in [0.2, 0.25) is 5.91 Å². The van der Waals surface area contributed by atoms with Crippen molar-refractivity contribution in [2.45, 2.75) is 25.7 Å². The highest BCUT2D eigenvalue weighted by molar-refractivity contribution is 9.10. The number of amides is 1. The van der Waals surface area contributed by atoms with E-state index in [-0.39, 0.29) is 18.3 Å². The van der Waals surface area contributed by atoms with E-state index in [9.17, 15) is 4.79 Å². The molecule has 0 atom stereocenters. The molecule has 0 aliphatic carbocycles. The van der Waals surface area contributed by atoms with Crippen LogP contribution in [0.4, 0.5) is 5.69 Å². The largest absolute Gasteiger partial charge is 0.484 e. The topological polar surface area (TPSA) is 77.2 Å². The number of anilines is 1. The zero-order chi connectivity index (χ0) is 19.2. The lowest BCUT2D eigenvalue weighted by atomic mass is 10.2. The first-order chi connectivity index (χ1) is 13.0. The van der Waals surface area contributed by atoms with Gasteiger partial charge in [-0.25, -0.2) is 0 Å². The van der Waals surface area contributed by atoms with Crippen molar-refractivity contribution >= 4 is 39.3 Å². The summed E-state index contributed by atoms with van der Waals surface area (Å²) in [4.78, 5) is 12.1. The molecule has 3 aromatic rings. The number of nitrogens with zero attached hydrogens (tertiary/aromatic N) is 2. The van der Waals surface area contributed by atoms with Crippen LogP contribution < -0.4 is 10.1 Å². The monoisotopic (exact) mass is 447 g/mol. The molecule has 27 heavy (non-hydrogen) atoms. The fourth-order valence-electron chi connectivity index (χ4n) is 2.22. The molecule has 1 N–H and O–H groups in total. The number of carbonyl (C=O) groups excluding carboxylic acids is 1. The van der Waals surface area contributed by atoms with Crippen LogP contribution in [0, 0.1) is 13.8 Å². The maximum Gasteiger partial charge on any atom is 0.277 e. The summed E-state index contributed by atoms with van der Waals surface area (Å²) >= 11 is 4.59. The number of ether oxygens (including phenoxy) is 1. The number of hydrogen-bond donors (Lipinski definition) is 1. The summed E-state index contributed by atoms with van der Waals surface area (Å²) in [6.07, 6.45) is 0. The van der Waals surface area contributed by atoms with E-state index in [1.807, 2.05) is 56.3 Å². The summed E-state index contributed by atoms with van der Waals surface area (Å²) in [6.45, 7) is 4.13. The molecule has 140 valence electrons. The Morgan fingerprint density at radius 3 is 2.70 bits per heavy atom. The summed E-state index contributed by atoms with van der Waals surface area (Å²) < 4.78 is 12.1. The van der Waals surface area contributed by atoms with Crippen molar-refractivity contribution in [3.63, 3.8) is 0 Å². The Balaban J connectivity index is 1.47. The molecule has 3 rings (SSSR count). The Labute approximate surface area is 169 Å². The molecule has 0 bridgehead atoms. The average Bonchev–Trinajstić information content (AvgIpc) is 3.10. The molecule has 1 amide bonds. The van der Waals surface area contributed by atoms with Crippen LogP contribution in [0.3, 0.4) is 0 Å². The summed E-state index contributed by atoms with van der Waals surface area (Å²) in [7, 11) is 0. The van der Waals surface area contributed by atoms with E-state index in [4.69, 9.17) is 9.15 Å². The normalized spacial score (nSPS) is 10.6. The highest BCUT2D eigenvalue weighted by Crippen LogP contribution is 2.22. The van der Waals surface area contributed by atoms with Gasteiger partial charge in [0.25, 0.3) is 11.1 Å². The minimum atomic E-state index is -0.138. The van der Waals surface area contributed by atoms with Gasteiger partial charge in [0.05, 0.1) is 5.75 Å². The zero-order valence-electron chi connectivity index (χ0n) is 14.9. The van der Waals surface area contributed by atoms with Crippen molar-refractivity contribution in [2.75, 3.05) is 11.1 Å². The zero-order valence-corrected chi connectivity index (χ0v) is 17.3. The number of aryl methyl sites for hydroxylation is 2. The molecule has 1 heterocycles. The molecule has 0 aliphatic rings. The van der Waals surface area contributed by atoms with Crippen molar-refractivity contribution in [2.24, 2.45) is 0 Å². The second-order valence-corrected chi connectivity index (χ2v) is 7.70. The van der Waals surface area contributed by atoms with Crippen LogP contribution in [0.5, 0.6) is 5.75 Å². The lowest BCUT2D eigenvalue weighted by Crippen LogP contribution is -2.14. The van der Waals surface area contributed by atoms with E-state index in [0.29, 0.717) is 11.1 Å². The third kappa shape index (κ3) is 5.83. The first kappa shape index (κ1) is 19.4. The number of carbonyl (C=O) groups is 1. The predicted molar refractivity (Wildman–Crippen MR) is 108 cm³/mol. The second kappa shape index (κ2) is 9.05. The first-order valence-electron chi connectivity index (χ1n) is 8.20. The van der Waals surface area contributed by atoms with Gasteiger partial charge in [-0.1, -0.05) is 45.4 Å². The van der Waals surface area contributed by atoms with Gasteiger partial charge in [0.1, 0.15) is 5.75 Å². The Bertz CT molecular complexity index is 928. The predicted octanol–water partition coefficient (Wildman–Crippen LogP) is 4.76. The highest BCUT2D eigenvalue weighted by Gasteiger charge is 2.11. The quantitative estimate of drug-likeness (QED) is 0.526. The number of hydrogen-bond acceptors (Lipinski definition) is 6. The van der Waals surface area contributed by atoms with E-state index in [2.05, 4.69) is 31.4 Å². The fourth-order valence-corrected chi connectivity index (χ4v) is 3.27. The lowest BCUT2D eigenvalue weighted by Gasteiger charge is -2.07. The molecule has 0 saturated heterocycles. The van der Waals surface area contributed by atoms with Crippen molar-refractivity contribution in [1.29, 1.82) is 0 Å². The minimum Gasteiger partial charge on any atom is -0.484 e.